The second-order valence-corrected chi connectivity index (χ2v) is 6.58. The maximum atomic E-state index is 12.3. The predicted molar refractivity (Wildman–Crippen MR) is 81.0 cm³/mol. The van der Waals surface area contributed by atoms with Crippen molar-refractivity contribution in [3.8, 4) is 0 Å². The summed E-state index contributed by atoms with van der Waals surface area (Å²) in [6.45, 7) is 4.40. The Bertz CT molecular complexity index is 501. The summed E-state index contributed by atoms with van der Waals surface area (Å²) in [6, 6.07) is 7.91. The molecule has 0 aromatic heterocycles. The number of carbonyl (C=O) groups excluding carboxylic acids is 2. The second kappa shape index (κ2) is 5.95. The first-order chi connectivity index (χ1) is 9.38. The highest BCUT2D eigenvalue weighted by Gasteiger charge is 2.29. The Labute approximate surface area is 127 Å². The molecule has 1 unspecified atom stereocenters. The molecule has 108 valence electrons. The third-order valence-electron chi connectivity index (χ3n) is 3.64. The van der Waals surface area contributed by atoms with Gasteiger partial charge in [0.25, 0.3) is 0 Å². The van der Waals surface area contributed by atoms with Gasteiger partial charge in [-0.15, -0.1) is 0 Å². The molecular formula is C15H19BrN2O2. The van der Waals surface area contributed by atoms with Crippen LogP contribution in [0.5, 0.6) is 0 Å². The van der Waals surface area contributed by atoms with Crippen LogP contribution in [0.3, 0.4) is 0 Å². The summed E-state index contributed by atoms with van der Waals surface area (Å²) in [4.78, 5) is 23.4. The third kappa shape index (κ3) is 3.60. The zero-order valence-electron chi connectivity index (χ0n) is 11.7. The number of piperidine rings is 1. The van der Waals surface area contributed by atoms with E-state index in [9.17, 15) is 9.59 Å². The lowest BCUT2D eigenvalue weighted by Gasteiger charge is -2.30. The van der Waals surface area contributed by atoms with Crippen LogP contribution in [0.15, 0.2) is 28.7 Å². The highest BCUT2D eigenvalue weighted by atomic mass is 79.9. The summed E-state index contributed by atoms with van der Waals surface area (Å²) in [6.07, 6.45) is 1.05. The van der Waals surface area contributed by atoms with E-state index in [1.54, 1.807) is 0 Å². The highest BCUT2D eigenvalue weighted by molar-refractivity contribution is 9.10. The van der Waals surface area contributed by atoms with Gasteiger partial charge in [0.05, 0.1) is 11.5 Å². The number of hydrogen-bond acceptors (Lipinski definition) is 2. The Balaban J connectivity index is 2.02. The molecular weight excluding hydrogens is 320 g/mol. The fourth-order valence-corrected chi connectivity index (χ4v) is 2.57. The number of rotatable bonds is 3. The molecule has 2 N–H and O–H groups in total. The fourth-order valence-electron chi connectivity index (χ4n) is 2.31. The number of benzene rings is 1. The van der Waals surface area contributed by atoms with Gasteiger partial charge >= 0.3 is 0 Å². The van der Waals surface area contributed by atoms with E-state index in [1.165, 1.54) is 0 Å². The van der Waals surface area contributed by atoms with E-state index in [0.29, 0.717) is 19.4 Å². The molecule has 1 saturated heterocycles. The molecule has 2 rings (SSSR count). The second-order valence-electron chi connectivity index (χ2n) is 5.66. The van der Waals surface area contributed by atoms with Crippen LogP contribution in [-0.2, 0) is 15.1 Å². The number of amides is 2. The molecule has 20 heavy (non-hydrogen) atoms. The minimum atomic E-state index is -0.431. The standard InChI is InChI=1S/C15H19BrN2O2/c1-15(2,11-4-6-12(16)7-5-11)18-14(20)10-3-8-13(19)17-9-10/h4-7,10H,3,8-9H2,1-2H3,(H,17,19)(H,18,20). The quantitative estimate of drug-likeness (QED) is 0.888. The highest BCUT2D eigenvalue weighted by Crippen LogP contribution is 2.23. The lowest BCUT2D eigenvalue weighted by atomic mass is 9.91. The summed E-state index contributed by atoms with van der Waals surface area (Å²) in [5.41, 5.74) is 0.619. The molecule has 1 aromatic carbocycles. The predicted octanol–water partition coefficient (Wildman–Crippen LogP) is 2.33. The fraction of sp³-hybridized carbons (Fsp3) is 0.467. The van der Waals surface area contributed by atoms with Crippen molar-refractivity contribution in [2.75, 3.05) is 6.54 Å². The first-order valence-corrected chi connectivity index (χ1v) is 7.52. The molecule has 0 radical (unpaired) electrons. The Kier molecular flexibility index (Phi) is 4.48. The first kappa shape index (κ1) is 15.0. The Morgan fingerprint density at radius 1 is 1.35 bits per heavy atom. The third-order valence-corrected chi connectivity index (χ3v) is 4.17. The molecule has 5 heteroatoms. The van der Waals surface area contributed by atoms with Crippen LogP contribution in [0.25, 0.3) is 0 Å². The van der Waals surface area contributed by atoms with E-state index < -0.39 is 5.54 Å². The molecule has 1 atom stereocenters. The minimum absolute atomic E-state index is 0.00193. The van der Waals surface area contributed by atoms with Crippen molar-refractivity contribution in [1.82, 2.24) is 10.6 Å². The van der Waals surface area contributed by atoms with E-state index in [4.69, 9.17) is 0 Å². The molecule has 1 aliphatic rings. The van der Waals surface area contributed by atoms with Gasteiger partial charge in [-0.2, -0.15) is 0 Å². The molecule has 0 aliphatic carbocycles. The normalized spacial score (nSPS) is 19.4. The molecule has 1 heterocycles. The largest absolute Gasteiger partial charge is 0.355 e. The average Bonchev–Trinajstić information content (AvgIpc) is 2.39. The maximum absolute atomic E-state index is 12.3. The smallest absolute Gasteiger partial charge is 0.225 e. The zero-order valence-corrected chi connectivity index (χ0v) is 13.3. The number of carbonyl (C=O) groups is 2. The topological polar surface area (TPSA) is 58.2 Å². The summed E-state index contributed by atoms with van der Waals surface area (Å²) in [5.74, 6) is -0.110. The van der Waals surface area contributed by atoms with Crippen molar-refractivity contribution in [2.24, 2.45) is 5.92 Å². The van der Waals surface area contributed by atoms with Gasteiger partial charge in [0.2, 0.25) is 11.8 Å². The molecule has 0 bridgehead atoms. The molecule has 1 fully saturated rings. The molecule has 0 spiro atoms. The van der Waals surface area contributed by atoms with E-state index in [0.717, 1.165) is 10.0 Å². The van der Waals surface area contributed by atoms with Gasteiger partial charge in [0.1, 0.15) is 0 Å². The van der Waals surface area contributed by atoms with E-state index in [1.807, 2.05) is 38.1 Å². The van der Waals surface area contributed by atoms with Gasteiger partial charge in [0, 0.05) is 17.4 Å². The van der Waals surface area contributed by atoms with Crippen molar-refractivity contribution in [2.45, 2.75) is 32.2 Å². The Morgan fingerprint density at radius 3 is 2.55 bits per heavy atom. The average molecular weight is 339 g/mol. The summed E-state index contributed by atoms with van der Waals surface area (Å²) < 4.78 is 1.01. The van der Waals surface area contributed by atoms with Gasteiger partial charge in [-0.25, -0.2) is 0 Å². The van der Waals surface area contributed by atoms with E-state index in [2.05, 4.69) is 26.6 Å². The van der Waals surface area contributed by atoms with Gasteiger partial charge in [0.15, 0.2) is 0 Å². The van der Waals surface area contributed by atoms with Gasteiger partial charge in [-0.3, -0.25) is 9.59 Å². The Morgan fingerprint density at radius 2 is 2.00 bits per heavy atom. The van der Waals surface area contributed by atoms with Crippen LogP contribution in [0.2, 0.25) is 0 Å². The van der Waals surface area contributed by atoms with Gasteiger partial charge in [-0.1, -0.05) is 28.1 Å². The monoisotopic (exact) mass is 338 g/mol. The molecule has 1 aliphatic heterocycles. The molecule has 0 saturated carbocycles. The lowest BCUT2D eigenvalue weighted by molar-refractivity contribution is -0.130. The zero-order chi connectivity index (χ0) is 14.8. The molecule has 4 nitrogen and oxygen atoms in total. The van der Waals surface area contributed by atoms with Crippen molar-refractivity contribution in [3.05, 3.63) is 34.3 Å². The van der Waals surface area contributed by atoms with Crippen LogP contribution in [0, 0.1) is 5.92 Å². The van der Waals surface area contributed by atoms with Crippen molar-refractivity contribution < 1.29 is 9.59 Å². The van der Waals surface area contributed by atoms with Crippen molar-refractivity contribution in [3.63, 3.8) is 0 Å². The van der Waals surface area contributed by atoms with Crippen LogP contribution >= 0.6 is 15.9 Å². The van der Waals surface area contributed by atoms with Crippen molar-refractivity contribution >= 4 is 27.7 Å². The van der Waals surface area contributed by atoms with Crippen LogP contribution in [0.4, 0.5) is 0 Å². The number of hydrogen-bond donors (Lipinski definition) is 2. The van der Waals surface area contributed by atoms with Crippen LogP contribution in [0.1, 0.15) is 32.3 Å². The first-order valence-electron chi connectivity index (χ1n) is 6.73. The van der Waals surface area contributed by atoms with Gasteiger partial charge in [-0.05, 0) is 38.0 Å². The van der Waals surface area contributed by atoms with Crippen LogP contribution in [-0.4, -0.2) is 18.4 Å². The van der Waals surface area contributed by atoms with E-state index >= 15 is 0 Å². The van der Waals surface area contributed by atoms with E-state index in [-0.39, 0.29) is 17.7 Å². The Hall–Kier alpha value is -1.36. The summed E-state index contributed by atoms with van der Waals surface area (Å²) in [5, 5.41) is 5.81. The number of nitrogens with one attached hydrogen (secondary N) is 2. The molecule has 2 amide bonds. The minimum Gasteiger partial charge on any atom is -0.355 e. The number of halogens is 1. The maximum Gasteiger partial charge on any atom is 0.225 e. The van der Waals surface area contributed by atoms with Gasteiger partial charge < -0.3 is 10.6 Å². The summed E-state index contributed by atoms with van der Waals surface area (Å²) >= 11 is 3.40. The SMILES string of the molecule is CC(C)(NC(=O)C1CCC(=O)NC1)c1ccc(Br)cc1. The summed E-state index contributed by atoms with van der Waals surface area (Å²) in [7, 11) is 0. The van der Waals surface area contributed by atoms with Crippen LogP contribution < -0.4 is 10.6 Å². The molecule has 1 aromatic rings. The van der Waals surface area contributed by atoms with Crippen molar-refractivity contribution in [1.29, 1.82) is 0 Å². The lowest BCUT2D eigenvalue weighted by Crippen LogP contribution is -2.48.